The van der Waals surface area contributed by atoms with Gasteiger partial charge in [-0.2, -0.15) is 10.4 Å². The van der Waals surface area contributed by atoms with E-state index in [1.807, 2.05) is 37.5 Å². The Morgan fingerprint density at radius 1 is 1.09 bits per heavy atom. The van der Waals surface area contributed by atoms with Gasteiger partial charge in [-0.15, -0.1) is 0 Å². The average Bonchev–Trinajstić information content (AvgIpc) is 3.31. The molecule has 0 aliphatic carbocycles. The van der Waals surface area contributed by atoms with Gasteiger partial charge < -0.3 is 14.8 Å². The summed E-state index contributed by atoms with van der Waals surface area (Å²) in [6.07, 6.45) is 10.6. The van der Waals surface area contributed by atoms with Gasteiger partial charge in [0.2, 0.25) is 5.95 Å². The lowest BCUT2D eigenvalue weighted by Gasteiger charge is -2.23. The molecule has 3 aromatic heterocycles. The molecule has 1 aliphatic heterocycles. The second-order valence-corrected chi connectivity index (χ2v) is 8.01. The number of nitrogens with zero attached hydrogens (tertiary/aromatic N) is 6. The van der Waals surface area contributed by atoms with E-state index in [9.17, 15) is 5.26 Å². The lowest BCUT2D eigenvalue weighted by molar-refractivity contribution is 0.0254. The van der Waals surface area contributed by atoms with Crippen LogP contribution in [0, 0.1) is 11.3 Å². The zero-order chi connectivity index (χ0) is 23.3. The standard InChI is InChI=1S/C25H23N7O2/c1-32-16-20(14-29-32)19-11-21(15-27-13-19)30-25-28-7-4-23(31-25)17-2-3-24(18(10-17)12-26)34-22-5-8-33-9-6-22/h2-4,7,10-11,13-16,22H,5-6,8-9H2,1H3,(H,28,30,31). The van der Waals surface area contributed by atoms with Crippen LogP contribution >= 0.6 is 0 Å². The first kappa shape index (κ1) is 21.6. The Balaban J connectivity index is 1.35. The number of benzene rings is 1. The fourth-order valence-electron chi connectivity index (χ4n) is 3.80. The number of anilines is 2. The Labute approximate surface area is 197 Å². The summed E-state index contributed by atoms with van der Waals surface area (Å²) < 4.78 is 13.2. The van der Waals surface area contributed by atoms with Gasteiger partial charge in [0, 0.05) is 55.2 Å². The maximum Gasteiger partial charge on any atom is 0.227 e. The molecule has 9 nitrogen and oxygen atoms in total. The highest BCUT2D eigenvalue weighted by molar-refractivity contribution is 5.69. The summed E-state index contributed by atoms with van der Waals surface area (Å²) in [4.78, 5) is 13.3. The summed E-state index contributed by atoms with van der Waals surface area (Å²) in [5.41, 5.74) is 4.65. The Morgan fingerprint density at radius 2 is 1.97 bits per heavy atom. The lowest BCUT2D eigenvalue weighted by Crippen LogP contribution is -2.26. The molecule has 1 saturated heterocycles. The minimum Gasteiger partial charge on any atom is -0.489 e. The number of ether oxygens (including phenoxy) is 2. The number of hydrogen-bond donors (Lipinski definition) is 1. The van der Waals surface area contributed by atoms with Crippen molar-refractivity contribution < 1.29 is 9.47 Å². The van der Waals surface area contributed by atoms with E-state index < -0.39 is 0 Å². The van der Waals surface area contributed by atoms with Crippen molar-refractivity contribution in [3.8, 4) is 34.2 Å². The average molecular weight is 454 g/mol. The predicted octanol–water partition coefficient (Wildman–Crippen LogP) is 4.11. The van der Waals surface area contributed by atoms with Crippen LogP contribution in [0.15, 0.2) is 61.3 Å². The molecule has 1 N–H and O–H groups in total. The summed E-state index contributed by atoms with van der Waals surface area (Å²) in [7, 11) is 1.87. The monoisotopic (exact) mass is 453 g/mol. The van der Waals surface area contributed by atoms with Gasteiger partial charge >= 0.3 is 0 Å². The van der Waals surface area contributed by atoms with Crippen LogP contribution in [0.3, 0.4) is 0 Å². The second-order valence-electron chi connectivity index (χ2n) is 8.01. The van der Waals surface area contributed by atoms with Gasteiger partial charge in [-0.25, -0.2) is 9.97 Å². The van der Waals surface area contributed by atoms with Crippen molar-refractivity contribution in [3.05, 3.63) is 66.9 Å². The van der Waals surface area contributed by atoms with Gasteiger partial charge in [-0.1, -0.05) is 0 Å². The van der Waals surface area contributed by atoms with Gasteiger partial charge in [-0.3, -0.25) is 9.67 Å². The summed E-state index contributed by atoms with van der Waals surface area (Å²) in [6, 6.07) is 11.6. The summed E-state index contributed by atoms with van der Waals surface area (Å²) in [5.74, 6) is 1.02. The molecule has 0 amide bonds. The maximum absolute atomic E-state index is 9.68. The van der Waals surface area contributed by atoms with E-state index in [4.69, 9.17) is 9.47 Å². The molecule has 4 heterocycles. The molecule has 1 aliphatic rings. The van der Waals surface area contributed by atoms with Crippen LogP contribution in [0.25, 0.3) is 22.4 Å². The Hall–Kier alpha value is -4.29. The van der Waals surface area contributed by atoms with Crippen molar-refractivity contribution in [2.24, 2.45) is 7.05 Å². The fraction of sp³-hybridized carbons (Fsp3) is 0.240. The molecule has 1 aromatic carbocycles. The molecule has 9 heteroatoms. The van der Waals surface area contributed by atoms with Gasteiger partial charge in [0.25, 0.3) is 0 Å². The van der Waals surface area contributed by atoms with E-state index in [0.717, 1.165) is 35.2 Å². The molecule has 0 saturated carbocycles. The molecule has 4 aromatic rings. The zero-order valence-corrected chi connectivity index (χ0v) is 18.7. The molecule has 170 valence electrons. The van der Waals surface area contributed by atoms with E-state index in [0.29, 0.717) is 36.2 Å². The van der Waals surface area contributed by atoms with Crippen LogP contribution in [0.4, 0.5) is 11.6 Å². The molecular weight excluding hydrogens is 430 g/mol. The highest BCUT2D eigenvalue weighted by Crippen LogP contribution is 2.28. The number of aromatic nitrogens is 5. The van der Waals surface area contributed by atoms with Crippen LogP contribution in [0.1, 0.15) is 18.4 Å². The van der Waals surface area contributed by atoms with Crippen molar-refractivity contribution in [3.63, 3.8) is 0 Å². The largest absolute Gasteiger partial charge is 0.489 e. The van der Waals surface area contributed by atoms with E-state index >= 15 is 0 Å². The number of nitrogens with one attached hydrogen (secondary N) is 1. The smallest absolute Gasteiger partial charge is 0.227 e. The molecule has 1 fully saturated rings. The SMILES string of the molecule is Cn1cc(-c2cncc(Nc3nccc(-c4ccc(OC5CCOCC5)c(C#N)c4)n3)c2)cn1. The van der Waals surface area contributed by atoms with Gasteiger partial charge in [0.15, 0.2) is 0 Å². The number of rotatable bonds is 6. The third kappa shape index (κ3) is 4.87. The van der Waals surface area contributed by atoms with Crippen molar-refractivity contribution in [2.75, 3.05) is 18.5 Å². The van der Waals surface area contributed by atoms with Crippen LogP contribution in [-0.4, -0.2) is 44.1 Å². The first-order valence-electron chi connectivity index (χ1n) is 11.0. The number of nitriles is 1. The summed E-state index contributed by atoms with van der Waals surface area (Å²) in [6.45, 7) is 1.37. The fourth-order valence-corrected chi connectivity index (χ4v) is 3.80. The highest BCUT2D eigenvalue weighted by Gasteiger charge is 2.17. The summed E-state index contributed by atoms with van der Waals surface area (Å²) in [5, 5.41) is 17.1. The van der Waals surface area contributed by atoms with Crippen LogP contribution in [0.2, 0.25) is 0 Å². The van der Waals surface area contributed by atoms with Crippen molar-refractivity contribution in [1.29, 1.82) is 5.26 Å². The van der Waals surface area contributed by atoms with E-state index in [1.54, 1.807) is 35.5 Å². The quantitative estimate of drug-likeness (QED) is 0.464. The van der Waals surface area contributed by atoms with Crippen LogP contribution in [0.5, 0.6) is 5.75 Å². The molecule has 0 atom stereocenters. The number of hydrogen-bond acceptors (Lipinski definition) is 8. The van der Waals surface area contributed by atoms with E-state index in [2.05, 4.69) is 31.4 Å². The van der Waals surface area contributed by atoms with Crippen LogP contribution < -0.4 is 10.1 Å². The molecule has 0 spiro atoms. The minimum atomic E-state index is 0.0672. The minimum absolute atomic E-state index is 0.0672. The van der Waals surface area contributed by atoms with Gasteiger partial charge in [-0.05, 0) is 30.3 Å². The maximum atomic E-state index is 9.68. The van der Waals surface area contributed by atoms with Crippen molar-refractivity contribution in [1.82, 2.24) is 24.7 Å². The van der Waals surface area contributed by atoms with Gasteiger partial charge in [0.05, 0.1) is 42.6 Å². The molecule has 0 bridgehead atoms. The van der Waals surface area contributed by atoms with Crippen molar-refractivity contribution in [2.45, 2.75) is 18.9 Å². The second kappa shape index (κ2) is 9.68. The summed E-state index contributed by atoms with van der Waals surface area (Å²) >= 11 is 0. The van der Waals surface area contributed by atoms with Crippen LogP contribution in [-0.2, 0) is 11.8 Å². The molecule has 34 heavy (non-hydrogen) atoms. The van der Waals surface area contributed by atoms with E-state index in [1.165, 1.54) is 0 Å². The first-order chi connectivity index (χ1) is 16.7. The highest BCUT2D eigenvalue weighted by atomic mass is 16.5. The van der Waals surface area contributed by atoms with E-state index in [-0.39, 0.29) is 6.10 Å². The lowest BCUT2D eigenvalue weighted by atomic mass is 10.1. The zero-order valence-electron chi connectivity index (χ0n) is 18.7. The number of aryl methyl sites for hydroxylation is 1. The predicted molar refractivity (Wildman–Crippen MR) is 126 cm³/mol. The Morgan fingerprint density at radius 3 is 2.76 bits per heavy atom. The molecule has 5 rings (SSSR count). The normalized spacial score (nSPS) is 13.9. The number of pyridine rings is 1. The van der Waals surface area contributed by atoms with Crippen molar-refractivity contribution >= 4 is 11.6 Å². The topological polar surface area (TPSA) is 111 Å². The Bertz CT molecular complexity index is 1340. The third-order valence-electron chi connectivity index (χ3n) is 5.55. The molecular formula is C25H23N7O2. The third-order valence-corrected chi connectivity index (χ3v) is 5.55. The first-order valence-corrected chi connectivity index (χ1v) is 11.0. The van der Waals surface area contributed by atoms with Gasteiger partial charge in [0.1, 0.15) is 17.9 Å². The molecule has 0 radical (unpaired) electrons. The Kier molecular flexibility index (Phi) is 6.14. The molecule has 0 unspecified atom stereocenters.